The lowest BCUT2D eigenvalue weighted by atomic mass is 9.96. The molecule has 0 atom stereocenters. The van der Waals surface area contributed by atoms with Crippen LogP contribution in [0.2, 0.25) is 0 Å². The van der Waals surface area contributed by atoms with Crippen LogP contribution in [0, 0.1) is 0 Å². The molecule has 3 heteroatoms. The molecular weight excluding hydrogens is 671 g/mol. The summed E-state index contributed by atoms with van der Waals surface area (Å²) < 4.78 is 13.0. The van der Waals surface area contributed by atoms with E-state index in [0.29, 0.717) is 0 Å². The molecule has 258 valence electrons. The van der Waals surface area contributed by atoms with E-state index in [1.165, 1.54) is 22.3 Å². The lowest BCUT2D eigenvalue weighted by Gasteiger charge is -2.27. The summed E-state index contributed by atoms with van der Waals surface area (Å²) in [4.78, 5) is 2.39. The fraction of sp³-hybridized carbons (Fsp3) is 0. The van der Waals surface area contributed by atoms with Crippen LogP contribution in [0.1, 0.15) is 0 Å². The molecule has 2 heterocycles. The second-order valence-electron chi connectivity index (χ2n) is 14.1. The number of fused-ring (bicyclic) bond motifs is 8. The second kappa shape index (κ2) is 12.6. The largest absolute Gasteiger partial charge is 0.456 e. The number of para-hydroxylation sites is 1. The number of nitrogens with zero attached hydrogens (tertiary/aromatic N) is 1. The van der Waals surface area contributed by atoms with Crippen molar-refractivity contribution < 1.29 is 8.83 Å². The average molecular weight is 704 g/mol. The molecule has 0 aliphatic carbocycles. The van der Waals surface area contributed by atoms with Gasteiger partial charge in [-0.3, -0.25) is 0 Å². The normalized spacial score (nSPS) is 11.6. The van der Waals surface area contributed by atoms with Gasteiger partial charge in [-0.1, -0.05) is 146 Å². The van der Waals surface area contributed by atoms with Crippen LogP contribution in [-0.4, -0.2) is 0 Å². The van der Waals surface area contributed by atoms with Crippen molar-refractivity contribution in [3.05, 3.63) is 200 Å². The first-order valence-electron chi connectivity index (χ1n) is 18.7. The number of anilines is 3. The van der Waals surface area contributed by atoms with Crippen molar-refractivity contribution in [1.82, 2.24) is 0 Å². The molecular formula is C52H33NO2. The Hall–Kier alpha value is -7.36. The molecule has 11 rings (SSSR count). The van der Waals surface area contributed by atoms with Crippen molar-refractivity contribution in [2.24, 2.45) is 0 Å². The van der Waals surface area contributed by atoms with E-state index in [1.54, 1.807) is 0 Å². The Balaban J connectivity index is 1.15. The molecule has 0 saturated heterocycles. The predicted octanol–water partition coefficient (Wildman–Crippen LogP) is 15.1. The zero-order chi connectivity index (χ0) is 36.3. The van der Waals surface area contributed by atoms with Crippen molar-refractivity contribution in [2.75, 3.05) is 4.90 Å². The third-order valence-corrected chi connectivity index (χ3v) is 10.9. The molecule has 0 bridgehead atoms. The van der Waals surface area contributed by atoms with E-state index in [2.05, 4.69) is 193 Å². The Bertz CT molecular complexity index is 3090. The summed E-state index contributed by atoms with van der Waals surface area (Å²) in [6, 6.07) is 71.0. The fourth-order valence-corrected chi connectivity index (χ4v) is 8.24. The molecule has 0 fully saturated rings. The Morgan fingerprint density at radius 2 is 0.836 bits per heavy atom. The van der Waals surface area contributed by atoms with Crippen LogP contribution in [0.15, 0.2) is 209 Å². The summed E-state index contributed by atoms with van der Waals surface area (Å²) in [5.74, 6) is 0. The van der Waals surface area contributed by atoms with E-state index in [9.17, 15) is 0 Å². The van der Waals surface area contributed by atoms with Gasteiger partial charge in [0.2, 0.25) is 0 Å². The van der Waals surface area contributed by atoms with Gasteiger partial charge in [-0.05, 0) is 88.0 Å². The van der Waals surface area contributed by atoms with E-state index >= 15 is 0 Å². The van der Waals surface area contributed by atoms with Crippen LogP contribution < -0.4 is 4.90 Å². The number of benzene rings is 9. The molecule has 0 saturated carbocycles. The molecule has 0 spiro atoms. The highest BCUT2D eigenvalue weighted by molar-refractivity contribution is 6.23. The van der Waals surface area contributed by atoms with Gasteiger partial charge < -0.3 is 13.7 Å². The van der Waals surface area contributed by atoms with Crippen LogP contribution in [0.5, 0.6) is 0 Å². The molecule has 11 aromatic rings. The first-order valence-corrected chi connectivity index (χ1v) is 18.7. The minimum atomic E-state index is 0.859. The molecule has 0 radical (unpaired) electrons. The van der Waals surface area contributed by atoms with Gasteiger partial charge in [0.1, 0.15) is 22.3 Å². The molecule has 9 aromatic carbocycles. The van der Waals surface area contributed by atoms with Crippen LogP contribution >= 0.6 is 0 Å². The first-order chi connectivity index (χ1) is 27.3. The SMILES string of the molecule is c1ccc(-c2ccc(N(c3ccc(-c4ccccc4)cc3)c3cc4c(oc5cccc(-c6ccc7oc8ccccc8c7c6)c54)c4ccccc34)cc2)cc1. The summed E-state index contributed by atoms with van der Waals surface area (Å²) in [7, 11) is 0. The minimum Gasteiger partial charge on any atom is -0.456 e. The van der Waals surface area contributed by atoms with Gasteiger partial charge in [-0.2, -0.15) is 0 Å². The highest BCUT2D eigenvalue weighted by atomic mass is 16.3. The van der Waals surface area contributed by atoms with Gasteiger partial charge in [-0.15, -0.1) is 0 Å². The van der Waals surface area contributed by atoms with Gasteiger partial charge in [0.15, 0.2) is 0 Å². The Morgan fingerprint density at radius 1 is 0.309 bits per heavy atom. The maximum absolute atomic E-state index is 6.81. The van der Waals surface area contributed by atoms with Crippen molar-refractivity contribution in [3.8, 4) is 33.4 Å². The van der Waals surface area contributed by atoms with E-state index in [0.717, 1.165) is 82.8 Å². The smallest absolute Gasteiger partial charge is 0.143 e. The second-order valence-corrected chi connectivity index (χ2v) is 14.1. The molecule has 0 aliphatic heterocycles. The van der Waals surface area contributed by atoms with Gasteiger partial charge >= 0.3 is 0 Å². The lowest BCUT2D eigenvalue weighted by molar-refractivity contribution is 0.669. The molecule has 2 aromatic heterocycles. The number of rotatable bonds is 6. The monoisotopic (exact) mass is 703 g/mol. The molecule has 3 nitrogen and oxygen atoms in total. The summed E-state index contributed by atoms with van der Waals surface area (Å²) in [6.07, 6.45) is 0. The third kappa shape index (κ3) is 5.20. The zero-order valence-corrected chi connectivity index (χ0v) is 29.8. The molecule has 0 aliphatic rings. The average Bonchev–Trinajstić information content (AvgIpc) is 3.83. The van der Waals surface area contributed by atoms with Gasteiger partial charge in [-0.25, -0.2) is 0 Å². The number of furan rings is 2. The Kier molecular flexibility index (Phi) is 7.17. The zero-order valence-electron chi connectivity index (χ0n) is 29.8. The Morgan fingerprint density at radius 3 is 1.51 bits per heavy atom. The van der Waals surface area contributed by atoms with Crippen LogP contribution in [0.4, 0.5) is 17.1 Å². The summed E-state index contributed by atoms with van der Waals surface area (Å²) >= 11 is 0. The molecule has 55 heavy (non-hydrogen) atoms. The third-order valence-electron chi connectivity index (χ3n) is 10.9. The van der Waals surface area contributed by atoms with Crippen LogP contribution in [-0.2, 0) is 0 Å². The number of hydrogen-bond acceptors (Lipinski definition) is 3. The van der Waals surface area contributed by atoms with Crippen molar-refractivity contribution in [1.29, 1.82) is 0 Å². The van der Waals surface area contributed by atoms with Crippen molar-refractivity contribution in [2.45, 2.75) is 0 Å². The minimum absolute atomic E-state index is 0.859. The Labute approximate surface area is 317 Å². The van der Waals surface area contributed by atoms with E-state index < -0.39 is 0 Å². The van der Waals surface area contributed by atoms with Crippen LogP contribution in [0.25, 0.3) is 88.0 Å². The van der Waals surface area contributed by atoms with E-state index in [-0.39, 0.29) is 0 Å². The maximum Gasteiger partial charge on any atom is 0.143 e. The summed E-state index contributed by atoms with van der Waals surface area (Å²) in [6.45, 7) is 0. The fourth-order valence-electron chi connectivity index (χ4n) is 8.24. The van der Waals surface area contributed by atoms with Gasteiger partial charge in [0.05, 0.1) is 5.69 Å². The molecule has 0 amide bonds. The molecule has 0 unspecified atom stereocenters. The highest BCUT2D eigenvalue weighted by Crippen LogP contribution is 2.47. The van der Waals surface area contributed by atoms with E-state index in [1.807, 2.05) is 12.1 Å². The topological polar surface area (TPSA) is 29.5 Å². The van der Waals surface area contributed by atoms with Crippen LogP contribution in [0.3, 0.4) is 0 Å². The van der Waals surface area contributed by atoms with Gasteiger partial charge in [0.25, 0.3) is 0 Å². The quantitative estimate of drug-likeness (QED) is 0.173. The predicted molar refractivity (Wildman–Crippen MR) is 229 cm³/mol. The summed E-state index contributed by atoms with van der Waals surface area (Å²) in [5, 5.41) is 6.57. The highest BCUT2D eigenvalue weighted by Gasteiger charge is 2.22. The van der Waals surface area contributed by atoms with Crippen molar-refractivity contribution >= 4 is 71.7 Å². The van der Waals surface area contributed by atoms with Gasteiger partial charge in [0, 0.05) is 43.7 Å². The number of hydrogen-bond donors (Lipinski definition) is 0. The standard InChI is InChI=1S/C52H33NO2/c1-3-12-34(13-4-1)36-22-27-39(28-23-36)53(40-29-24-37(25-30-40)35-14-5-2-6-15-35)47-33-46-51-41(19-11-21-50(51)55-52(46)44-18-8-7-16-42(44)47)38-26-31-49-45(32-38)43-17-9-10-20-48(43)54-49/h1-33H. The van der Waals surface area contributed by atoms with Crippen molar-refractivity contribution in [3.63, 3.8) is 0 Å². The first kappa shape index (κ1) is 31.2. The maximum atomic E-state index is 6.81. The summed E-state index contributed by atoms with van der Waals surface area (Å²) in [5.41, 5.74) is 13.7. The van der Waals surface area contributed by atoms with E-state index in [4.69, 9.17) is 8.83 Å². The molecule has 0 N–H and O–H groups in total. The lowest BCUT2D eigenvalue weighted by Crippen LogP contribution is -2.10.